The molecule has 1 aliphatic rings. The number of hydrogen-bond acceptors (Lipinski definition) is 5. The molecule has 1 aromatic carbocycles. The Bertz CT molecular complexity index is 481. The minimum absolute atomic E-state index is 0.000383. The second kappa shape index (κ2) is 8.73. The molecule has 1 aromatic rings. The Morgan fingerprint density at radius 1 is 1.36 bits per heavy atom. The van der Waals surface area contributed by atoms with Gasteiger partial charge in [-0.1, -0.05) is 18.2 Å². The number of nitrogens with two attached hydrogens (primary N) is 1. The van der Waals surface area contributed by atoms with E-state index in [1.807, 2.05) is 24.3 Å². The molecule has 1 saturated heterocycles. The van der Waals surface area contributed by atoms with Crippen LogP contribution < -0.4 is 15.8 Å². The smallest absolute Gasteiger partial charge is 0.249 e. The highest BCUT2D eigenvalue weighted by molar-refractivity contribution is 5.81. The number of carbonyl (C=O) groups is 1. The van der Waals surface area contributed by atoms with Crippen molar-refractivity contribution in [3.63, 3.8) is 0 Å². The molecule has 1 aliphatic heterocycles. The van der Waals surface area contributed by atoms with Crippen molar-refractivity contribution in [3.8, 4) is 5.75 Å². The van der Waals surface area contributed by atoms with Crippen molar-refractivity contribution in [2.75, 3.05) is 26.9 Å². The fourth-order valence-corrected chi connectivity index (χ4v) is 2.39. The first-order valence-electron chi connectivity index (χ1n) is 7.57. The lowest BCUT2D eigenvalue weighted by Crippen LogP contribution is -2.35. The first-order valence-corrected chi connectivity index (χ1v) is 7.57. The van der Waals surface area contributed by atoms with Crippen LogP contribution in [0, 0.1) is 0 Å². The van der Waals surface area contributed by atoms with Gasteiger partial charge in [-0.05, 0) is 18.9 Å². The molecular weight excluding hydrogens is 284 g/mol. The fourth-order valence-electron chi connectivity index (χ4n) is 2.39. The van der Waals surface area contributed by atoms with E-state index in [0.29, 0.717) is 26.3 Å². The highest BCUT2D eigenvalue weighted by atomic mass is 16.5. The fraction of sp³-hybridized carbons (Fsp3) is 0.562. The van der Waals surface area contributed by atoms with Gasteiger partial charge in [0.2, 0.25) is 5.91 Å². The molecule has 22 heavy (non-hydrogen) atoms. The Labute approximate surface area is 130 Å². The number of ether oxygens (including phenoxy) is 3. The van der Waals surface area contributed by atoms with Crippen LogP contribution in [0.3, 0.4) is 0 Å². The summed E-state index contributed by atoms with van der Waals surface area (Å²) >= 11 is 0. The zero-order chi connectivity index (χ0) is 15.8. The van der Waals surface area contributed by atoms with Crippen molar-refractivity contribution in [1.82, 2.24) is 5.32 Å². The third kappa shape index (κ3) is 4.69. The maximum absolute atomic E-state index is 12.1. The first-order chi connectivity index (χ1) is 10.7. The van der Waals surface area contributed by atoms with Gasteiger partial charge in [-0.3, -0.25) is 4.79 Å². The molecule has 0 saturated carbocycles. The van der Waals surface area contributed by atoms with Crippen LogP contribution in [-0.4, -0.2) is 45.0 Å². The van der Waals surface area contributed by atoms with Crippen LogP contribution >= 0.6 is 0 Å². The van der Waals surface area contributed by atoms with Crippen LogP contribution in [0.2, 0.25) is 0 Å². The van der Waals surface area contributed by atoms with Gasteiger partial charge >= 0.3 is 0 Å². The van der Waals surface area contributed by atoms with Gasteiger partial charge in [0.15, 0.2) is 0 Å². The number of amides is 1. The lowest BCUT2D eigenvalue weighted by Gasteiger charge is -2.15. The summed E-state index contributed by atoms with van der Waals surface area (Å²) < 4.78 is 16.2. The van der Waals surface area contributed by atoms with Gasteiger partial charge in [-0.15, -0.1) is 0 Å². The normalized spacial score (nSPS) is 20.8. The van der Waals surface area contributed by atoms with Gasteiger partial charge in [0.1, 0.15) is 18.5 Å². The monoisotopic (exact) mass is 308 g/mol. The maximum atomic E-state index is 12.1. The largest absolute Gasteiger partial charge is 0.491 e. The molecule has 1 amide bonds. The number of hydrogen-bond donors (Lipinski definition) is 2. The first kappa shape index (κ1) is 16.7. The molecule has 2 rings (SSSR count). The van der Waals surface area contributed by atoms with E-state index < -0.39 is 6.10 Å². The third-order valence-electron chi connectivity index (χ3n) is 3.63. The molecule has 0 aliphatic carbocycles. The van der Waals surface area contributed by atoms with E-state index in [2.05, 4.69) is 5.32 Å². The standard InChI is InChI=1S/C16H24N2O4/c1-20-8-9-21-14-5-3-2-4-12(14)11-18-16(19)15-7-6-13(10-17)22-15/h2-5,13,15H,6-11,17H2,1H3,(H,18,19)/t13-,15+/m1/s1. The van der Waals surface area contributed by atoms with Crippen molar-refractivity contribution in [2.24, 2.45) is 5.73 Å². The van der Waals surface area contributed by atoms with Crippen molar-refractivity contribution in [1.29, 1.82) is 0 Å². The predicted octanol–water partition coefficient (Wildman–Crippen LogP) is 0.834. The zero-order valence-electron chi connectivity index (χ0n) is 12.9. The Hall–Kier alpha value is -1.63. The second-order valence-corrected chi connectivity index (χ2v) is 5.23. The molecule has 0 unspecified atom stereocenters. The van der Waals surface area contributed by atoms with E-state index in [9.17, 15) is 4.79 Å². The number of nitrogens with one attached hydrogen (secondary N) is 1. The van der Waals surface area contributed by atoms with E-state index in [1.54, 1.807) is 7.11 Å². The van der Waals surface area contributed by atoms with Crippen LogP contribution in [0.1, 0.15) is 18.4 Å². The Balaban J connectivity index is 1.84. The van der Waals surface area contributed by atoms with Gasteiger partial charge in [-0.2, -0.15) is 0 Å². The number of methoxy groups -OCH3 is 1. The molecule has 2 atom stereocenters. The lowest BCUT2D eigenvalue weighted by atomic mass is 10.1. The van der Waals surface area contributed by atoms with E-state index in [4.69, 9.17) is 19.9 Å². The van der Waals surface area contributed by atoms with E-state index >= 15 is 0 Å². The zero-order valence-corrected chi connectivity index (χ0v) is 12.9. The summed E-state index contributed by atoms with van der Waals surface area (Å²) in [4.78, 5) is 12.1. The molecular formula is C16H24N2O4. The van der Waals surface area contributed by atoms with Gasteiger partial charge in [0, 0.05) is 25.8 Å². The van der Waals surface area contributed by atoms with Crippen molar-refractivity contribution in [3.05, 3.63) is 29.8 Å². The van der Waals surface area contributed by atoms with Crippen molar-refractivity contribution < 1.29 is 19.0 Å². The van der Waals surface area contributed by atoms with Gasteiger partial charge in [-0.25, -0.2) is 0 Å². The maximum Gasteiger partial charge on any atom is 0.249 e. The van der Waals surface area contributed by atoms with Crippen LogP contribution in [0.25, 0.3) is 0 Å². The number of benzene rings is 1. The molecule has 0 aromatic heterocycles. The molecule has 1 heterocycles. The number of rotatable bonds is 8. The SMILES string of the molecule is COCCOc1ccccc1CNC(=O)[C@@H]1CC[C@H](CN)O1. The predicted molar refractivity (Wildman–Crippen MR) is 82.6 cm³/mol. The highest BCUT2D eigenvalue weighted by Gasteiger charge is 2.29. The molecule has 0 bridgehead atoms. The summed E-state index contributed by atoms with van der Waals surface area (Å²) in [5.74, 6) is 0.662. The quantitative estimate of drug-likeness (QED) is 0.695. The van der Waals surface area contributed by atoms with Crippen molar-refractivity contribution >= 4 is 5.91 Å². The van der Waals surface area contributed by atoms with Crippen molar-refractivity contribution in [2.45, 2.75) is 31.6 Å². The van der Waals surface area contributed by atoms with Gasteiger partial charge < -0.3 is 25.3 Å². The van der Waals surface area contributed by atoms with E-state index in [1.165, 1.54) is 0 Å². The van der Waals surface area contributed by atoms with Gasteiger partial charge in [0.25, 0.3) is 0 Å². The lowest BCUT2D eigenvalue weighted by molar-refractivity contribution is -0.132. The molecule has 3 N–H and O–H groups in total. The summed E-state index contributed by atoms with van der Waals surface area (Å²) in [6.07, 6.45) is 1.17. The molecule has 1 fully saturated rings. The minimum atomic E-state index is -0.393. The summed E-state index contributed by atoms with van der Waals surface area (Å²) in [7, 11) is 1.63. The molecule has 6 heteroatoms. The third-order valence-corrected chi connectivity index (χ3v) is 3.63. The van der Waals surface area contributed by atoms with E-state index in [-0.39, 0.29) is 12.0 Å². The number of para-hydroxylation sites is 1. The summed E-state index contributed by atoms with van der Waals surface area (Å²) in [5, 5.41) is 2.90. The van der Waals surface area contributed by atoms with Crippen LogP contribution in [0.5, 0.6) is 5.75 Å². The van der Waals surface area contributed by atoms with Crippen LogP contribution in [0.4, 0.5) is 0 Å². The average molecular weight is 308 g/mol. The topological polar surface area (TPSA) is 82.8 Å². The van der Waals surface area contributed by atoms with E-state index in [0.717, 1.165) is 24.2 Å². The van der Waals surface area contributed by atoms with Crippen LogP contribution in [-0.2, 0) is 20.8 Å². The Morgan fingerprint density at radius 3 is 2.91 bits per heavy atom. The molecule has 0 spiro atoms. The minimum Gasteiger partial charge on any atom is -0.491 e. The summed E-state index contributed by atoms with van der Waals surface area (Å²) in [5.41, 5.74) is 6.49. The Kier molecular flexibility index (Phi) is 6.64. The Morgan fingerprint density at radius 2 is 2.18 bits per heavy atom. The second-order valence-electron chi connectivity index (χ2n) is 5.23. The summed E-state index contributed by atoms with van der Waals surface area (Å²) in [6, 6.07) is 7.63. The average Bonchev–Trinajstić information content (AvgIpc) is 3.03. The highest BCUT2D eigenvalue weighted by Crippen LogP contribution is 2.20. The van der Waals surface area contributed by atoms with Crippen LogP contribution in [0.15, 0.2) is 24.3 Å². The molecule has 6 nitrogen and oxygen atoms in total. The molecule has 0 radical (unpaired) electrons. The van der Waals surface area contributed by atoms with Gasteiger partial charge in [0.05, 0.1) is 12.7 Å². The molecule has 122 valence electrons. The summed E-state index contributed by atoms with van der Waals surface area (Å²) in [6.45, 7) is 1.87. The number of carbonyl (C=O) groups excluding carboxylic acids is 1.